The number of nitrogens with one attached hydrogen (secondary N) is 1. The maximum Gasteiger partial charge on any atom is 0.254 e. The van der Waals surface area contributed by atoms with Gasteiger partial charge in [0, 0.05) is 40.7 Å². The molecule has 4 aromatic rings. The zero-order chi connectivity index (χ0) is 20.7. The van der Waals surface area contributed by atoms with E-state index in [4.69, 9.17) is 9.72 Å². The highest BCUT2D eigenvalue weighted by molar-refractivity contribution is 6.15. The van der Waals surface area contributed by atoms with Crippen LogP contribution in [0.5, 0.6) is 0 Å². The summed E-state index contributed by atoms with van der Waals surface area (Å²) in [5, 5.41) is 0.892. The summed E-state index contributed by atoms with van der Waals surface area (Å²) in [6.07, 6.45) is 0. The first-order valence-electron chi connectivity index (χ1n) is 10.0. The molecule has 5 rings (SSSR count). The number of aromatic amines is 1. The van der Waals surface area contributed by atoms with Crippen LogP contribution in [-0.2, 0) is 4.74 Å². The smallest absolute Gasteiger partial charge is 0.254 e. The van der Waals surface area contributed by atoms with Gasteiger partial charge >= 0.3 is 0 Å². The number of Topliss-reactive ketones (excluding diaryl/α,β-unsaturated/α-hetero) is 1. The number of pyridine rings is 1. The van der Waals surface area contributed by atoms with Gasteiger partial charge in [0.1, 0.15) is 0 Å². The molecule has 150 valence electrons. The fourth-order valence-corrected chi connectivity index (χ4v) is 3.97. The summed E-state index contributed by atoms with van der Waals surface area (Å²) >= 11 is 0. The molecule has 0 bridgehead atoms. The number of benzene rings is 2. The second-order valence-electron chi connectivity index (χ2n) is 7.49. The number of fused-ring (bicyclic) bond motifs is 3. The van der Waals surface area contributed by atoms with Crippen molar-refractivity contribution >= 4 is 33.6 Å². The van der Waals surface area contributed by atoms with E-state index in [9.17, 15) is 9.59 Å². The quantitative estimate of drug-likeness (QED) is 0.527. The lowest BCUT2D eigenvalue weighted by Crippen LogP contribution is -2.40. The molecule has 2 aromatic carbocycles. The van der Waals surface area contributed by atoms with Gasteiger partial charge in [0.15, 0.2) is 5.78 Å². The summed E-state index contributed by atoms with van der Waals surface area (Å²) in [5.41, 5.74) is 5.15. The second-order valence-corrected chi connectivity index (χ2v) is 7.49. The van der Waals surface area contributed by atoms with Gasteiger partial charge in [-0.15, -0.1) is 0 Å². The van der Waals surface area contributed by atoms with Crippen molar-refractivity contribution < 1.29 is 14.3 Å². The Morgan fingerprint density at radius 1 is 1.03 bits per heavy atom. The lowest BCUT2D eigenvalue weighted by Gasteiger charge is -2.26. The Labute approximate surface area is 173 Å². The standard InChI is InChI=1S/C24H21N3O3/c1-15(28)19-14-20(16-5-3-2-4-6-16)25-22-18-8-7-17(13-21(18)26-23(19)22)24(29)27-9-11-30-12-10-27/h2-8,13-14,26H,9-12H2,1H3. The van der Waals surface area contributed by atoms with Crippen LogP contribution in [0.1, 0.15) is 27.6 Å². The van der Waals surface area contributed by atoms with Crippen LogP contribution in [0.3, 0.4) is 0 Å². The average Bonchev–Trinajstić information content (AvgIpc) is 3.16. The number of hydrogen-bond acceptors (Lipinski definition) is 4. The third-order valence-corrected chi connectivity index (χ3v) is 5.55. The normalized spacial score (nSPS) is 14.4. The first-order valence-corrected chi connectivity index (χ1v) is 10.0. The number of morpholine rings is 1. The van der Waals surface area contributed by atoms with Crippen molar-refractivity contribution in [2.75, 3.05) is 26.3 Å². The first kappa shape index (κ1) is 18.5. The minimum absolute atomic E-state index is 0.0106. The van der Waals surface area contributed by atoms with Gasteiger partial charge in [0.05, 0.1) is 29.9 Å². The number of H-pyrrole nitrogens is 1. The van der Waals surface area contributed by atoms with Crippen molar-refractivity contribution in [2.24, 2.45) is 0 Å². The van der Waals surface area contributed by atoms with Gasteiger partial charge in [-0.3, -0.25) is 9.59 Å². The Bertz CT molecular complexity index is 1270. The number of carbonyl (C=O) groups excluding carboxylic acids is 2. The van der Waals surface area contributed by atoms with E-state index in [2.05, 4.69) is 4.98 Å². The fourth-order valence-electron chi connectivity index (χ4n) is 3.97. The zero-order valence-electron chi connectivity index (χ0n) is 16.6. The lowest BCUT2D eigenvalue weighted by atomic mass is 10.0. The molecular formula is C24H21N3O3. The van der Waals surface area contributed by atoms with E-state index in [0.717, 1.165) is 27.7 Å². The predicted octanol–water partition coefficient (Wildman–Crippen LogP) is 4.06. The lowest BCUT2D eigenvalue weighted by molar-refractivity contribution is 0.0303. The summed E-state index contributed by atoms with van der Waals surface area (Å²) < 4.78 is 5.34. The van der Waals surface area contributed by atoms with E-state index in [1.165, 1.54) is 0 Å². The molecular weight excluding hydrogens is 378 g/mol. The van der Waals surface area contributed by atoms with E-state index in [-0.39, 0.29) is 11.7 Å². The van der Waals surface area contributed by atoms with Crippen molar-refractivity contribution in [3.05, 3.63) is 65.7 Å². The second kappa shape index (κ2) is 7.39. The molecule has 1 saturated heterocycles. The molecule has 0 unspecified atom stereocenters. The minimum Gasteiger partial charge on any atom is -0.378 e. The number of rotatable bonds is 3. The molecule has 0 saturated carbocycles. The van der Waals surface area contributed by atoms with Gasteiger partial charge in [-0.05, 0) is 31.2 Å². The van der Waals surface area contributed by atoms with Crippen molar-refractivity contribution in [3.63, 3.8) is 0 Å². The molecule has 2 aromatic heterocycles. The third kappa shape index (κ3) is 3.15. The molecule has 1 amide bonds. The van der Waals surface area contributed by atoms with E-state index < -0.39 is 0 Å². The van der Waals surface area contributed by atoms with E-state index in [1.54, 1.807) is 11.8 Å². The van der Waals surface area contributed by atoms with Crippen LogP contribution in [0.4, 0.5) is 0 Å². The number of aromatic nitrogens is 2. The molecule has 0 spiro atoms. The first-order chi connectivity index (χ1) is 14.6. The monoisotopic (exact) mass is 399 g/mol. The number of hydrogen-bond donors (Lipinski definition) is 1. The van der Waals surface area contributed by atoms with Gasteiger partial charge in [-0.1, -0.05) is 30.3 Å². The third-order valence-electron chi connectivity index (χ3n) is 5.55. The Hall–Kier alpha value is -3.51. The molecule has 1 N–H and O–H groups in total. The Kier molecular flexibility index (Phi) is 4.56. The highest BCUT2D eigenvalue weighted by Crippen LogP contribution is 2.31. The molecule has 1 aliphatic heterocycles. The maximum absolute atomic E-state index is 12.9. The van der Waals surface area contributed by atoms with E-state index in [0.29, 0.717) is 42.9 Å². The van der Waals surface area contributed by atoms with Crippen LogP contribution < -0.4 is 0 Å². The van der Waals surface area contributed by atoms with Gasteiger partial charge in [0.2, 0.25) is 0 Å². The molecule has 3 heterocycles. The Balaban J connectivity index is 1.65. The van der Waals surface area contributed by atoms with Crippen molar-refractivity contribution in [3.8, 4) is 11.3 Å². The Morgan fingerprint density at radius 2 is 1.80 bits per heavy atom. The zero-order valence-corrected chi connectivity index (χ0v) is 16.6. The van der Waals surface area contributed by atoms with Gasteiger partial charge in [-0.25, -0.2) is 4.98 Å². The number of nitrogens with zero attached hydrogens (tertiary/aromatic N) is 2. The topological polar surface area (TPSA) is 75.3 Å². The largest absolute Gasteiger partial charge is 0.378 e. The number of carbonyl (C=O) groups is 2. The van der Waals surface area contributed by atoms with Crippen LogP contribution >= 0.6 is 0 Å². The van der Waals surface area contributed by atoms with Gasteiger partial charge in [0.25, 0.3) is 5.91 Å². The minimum atomic E-state index is -0.0317. The van der Waals surface area contributed by atoms with Gasteiger partial charge in [-0.2, -0.15) is 0 Å². The van der Waals surface area contributed by atoms with Crippen molar-refractivity contribution in [1.82, 2.24) is 14.9 Å². The highest BCUT2D eigenvalue weighted by Gasteiger charge is 2.20. The number of ketones is 1. The van der Waals surface area contributed by atoms with Crippen LogP contribution in [0.2, 0.25) is 0 Å². The van der Waals surface area contributed by atoms with Gasteiger partial charge < -0.3 is 14.6 Å². The Morgan fingerprint density at radius 3 is 2.53 bits per heavy atom. The molecule has 1 aliphatic rings. The van der Waals surface area contributed by atoms with Crippen LogP contribution in [0, 0.1) is 0 Å². The SMILES string of the molecule is CC(=O)c1cc(-c2ccccc2)nc2c1[nH]c1cc(C(=O)N3CCOCC3)ccc12. The van der Waals surface area contributed by atoms with Crippen molar-refractivity contribution in [2.45, 2.75) is 6.92 Å². The molecule has 0 radical (unpaired) electrons. The fraction of sp³-hybridized carbons (Fsp3) is 0.208. The molecule has 30 heavy (non-hydrogen) atoms. The van der Waals surface area contributed by atoms with Crippen LogP contribution in [0.25, 0.3) is 33.2 Å². The van der Waals surface area contributed by atoms with Crippen molar-refractivity contribution in [1.29, 1.82) is 0 Å². The summed E-state index contributed by atoms with van der Waals surface area (Å²) in [6.45, 7) is 3.88. The molecule has 1 fully saturated rings. The number of amides is 1. The molecule has 0 aliphatic carbocycles. The molecule has 6 nitrogen and oxygen atoms in total. The molecule has 6 heteroatoms. The van der Waals surface area contributed by atoms with E-state index in [1.807, 2.05) is 54.6 Å². The highest BCUT2D eigenvalue weighted by atomic mass is 16.5. The average molecular weight is 399 g/mol. The summed E-state index contributed by atoms with van der Waals surface area (Å²) in [5.74, 6) is -0.0423. The summed E-state index contributed by atoms with van der Waals surface area (Å²) in [7, 11) is 0. The van der Waals surface area contributed by atoms with Crippen LogP contribution in [0.15, 0.2) is 54.6 Å². The predicted molar refractivity (Wildman–Crippen MR) is 116 cm³/mol. The van der Waals surface area contributed by atoms with Crippen LogP contribution in [-0.4, -0.2) is 52.9 Å². The van der Waals surface area contributed by atoms with E-state index >= 15 is 0 Å². The molecule has 0 atom stereocenters. The number of ether oxygens (including phenoxy) is 1. The summed E-state index contributed by atoms with van der Waals surface area (Å²) in [6, 6.07) is 17.2. The summed E-state index contributed by atoms with van der Waals surface area (Å²) in [4.78, 5) is 35.2. The maximum atomic E-state index is 12.9.